The van der Waals surface area contributed by atoms with Gasteiger partial charge in [-0.2, -0.15) is 0 Å². The van der Waals surface area contributed by atoms with Crippen molar-refractivity contribution in [2.75, 3.05) is 31.7 Å². The van der Waals surface area contributed by atoms with Crippen LogP contribution in [0.25, 0.3) is 0 Å². The quantitative estimate of drug-likeness (QED) is 0.678. The Labute approximate surface area is 171 Å². The third-order valence-electron chi connectivity index (χ3n) is 4.45. The molecule has 0 saturated carbocycles. The van der Waals surface area contributed by atoms with Crippen molar-refractivity contribution >= 4 is 29.3 Å². The van der Waals surface area contributed by atoms with E-state index in [1.54, 1.807) is 0 Å². The highest BCUT2D eigenvalue weighted by molar-refractivity contribution is 8.01. The van der Waals surface area contributed by atoms with Gasteiger partial charge >= 0.3 is 0 Å². The summed E-state index contributed by atoms with van der Waals surface area (Å²) >= 11 is 1.33. The van der Waals surface area contributed by atoms with E-state index in [4.69, 9.17) is 0 Å². The lowest BCUT2D eigenvalue weighted by atomic mass is 10.1. The van der Waals surface area contributed by atoms with Crippen LogP contribution in [-0.2, 0) is 9.59 Å². The zero-order valence-electron chi connectivity index (χ0n) is 16.9. The van der Waals surface area contributed by atoms with Crippen molar-refractivity contribution in [3.05, 3.63) is 65.7 Å². The summed E-state index contributed by atoms with van der Waals surface area (Å²) in [7, 11) is 3.99. The molecule has 28 heavy (non-hydrogen) atoms. The van der Waals surface area contributed by atoms with Crippen molar-refractivity contribution in [1.82, 2.24) is 10.2 Å². The van der Waals surface area contributed by atoms with Gasteiger partial charge in [-0.3, -0.25) is 9.59 Å². The van der Waals surface area contributed by atoms with E-state index in [0.29, 0.717) is 6.54 Å². The van der Waals surface area contributed by atoms with Crippen LogP contribution in [0.5, 0.6) is 0 Å². The van der Waals surface area contributed by atoms with Gasteiger partial charge in [-0.15, -0.1) is 11.8 Å². The van der Waals surface area contributed by atoms with E-state index < -0.39 is 0 Å². The molecule has 2 aromatic carbocycles. The Hall–Kier alpha value is -2.31. The highest BCUT2D eigenvalue weighted by atomic mass is 32.2. The molecule has 2 N–H and O–H groups in total. The Morgan fingerprint density at radius 2 is 1.68 bits per heavy atom. The van der Waals surface area contributed by atoms with Crippen LogP contribution in [0, 0.1) is 6.92 Å². The molecule has 6 heteroatoms. The summed E-state index contributed by atoms with van der Waals surface area (Å²) < 4.78 is 0. The lowest BCUT2D eigenvalue weighted by molar-refractivity contribution is -0.120. The van der Waals surface area contributed by atoms with Crippen LogP contribution in [0.1, 0.15) is 24.1 Å². The van der Waals surface area contributed by atoms with Crippen LogP contribution in [0.3, 0.4) is 0 Å². The van der Waals surface area contributed by atoms with Crippen LogP contribution in [-0.4, -0.2) is 48.4 Å². The molecule has 0 heterocycles. The molecule has 0 saturated heterocycles. The van der Waals surface area contributed by atoms with E-state index in [-0.39, 0.29) is 28.9 Å². The molecule has 0 bridgehead atoms. The van der Waals surface area contributed by atoms with Crippen LogP contribution in [0.15, 0.2) is 54.6 Å². The van der Waals surface area contributed by atoms with Crippen LogP contribution < -0.4 is 10.6 Å². The van der Waals surface area contributed by atoms with E-state index >= 15 is 0 Å². The number of likely N-dealkylation sites (N-methyl/N-ethyl adjacent to an activating group) is 1. The third-order valence-corrected chi connectivity index (χ3v) is 5.59. The lowest BCUT2D eigenvalue weighted by Crippen LogP contribution is -2.38. The van der Waals surface area contributed by atoms with Gasteiger partial charge in [0.05, 0.1) is 17.0 Å². The van der Waals surface area contributed by atoms with Gasteiger partial charge in [0.25, 0.3) is 0 Å². The number of anilines is 1. The van der Waals surface area contributed by atoms with Gasteiger partial charge in [-0.1, -0.05) is 48.0 Å². The number of aryl methyl sites for hydroxylation is 1. The smallest absolute Gasteiger partial charge is 0.234 e. The largest absolute Gasteiger partial charge is 0.353 e. The molecule has 0 aromatic heterocycles. The molecule has 2 amide bonds. The maximum Gasteiger partial charge on any atom is 0.234 e. The third kappa shape index (κ3) is 7.02. The predicted octanol–water partition coefficient (Wildman–Crippen LogP) is 3.47. The van der Waals surface area contributed by atoms with E-state index in [2.05, 4.69) is 27.7 Å². The van der Waals surface area contributed by atoms with Crippen molar-refractivity contribution in [2.24, 2.45) is 0 Å². The second kappa shape index (κ2) is 10.9. The number of nitrogens with one attached hydrogen (secondary N) is 2. The minimum absolute atomic E-state index is 0.0593. The molecule has 0 aliphatic carbocycles. The number of thioether (sulfide) groups is 1. The molecular weight excluding hydrogens is 370 g/mol. The molecule has 2 unspecified atom stereocenters. The highest BCUT2D eigenvalue weighted by Gasteiger charge is 2.19. The molecule has 150 valence electrons. The normalized spacial score (nSPS) is 13.0. The Balaban J connectivity index is 1.78. The summed E-state index contributed by atoms with van der Waals surface area (Å²) in [5.74, 6) is 0.0676. The first kappa shape index (κ1) is 22.0. The van der Waals surface area contributed by atoms with E-state index in [1.807, 2.05) is 70.4 Å². The molecular formula is C22H29N3O2S. The number of amides is 2. The summed E-state index contributed by atoms with van der Waals surface area (Å²) in [5.41, 5.74) is 3.07. The molecule has 0 spiro atoms. The standard InChI is InChI=1S/C22H29N3O2S/c1-16-10-12-19(13-11-16)24-21(26)15-28-17(2)22(27)23-14-20(25(3)4)18-8-6-5-7-9-18/h5-13,17,20H,14-15H2,1-4H3,(H,23,27)(H,24,26). The minimum atomic E-state index is -0.303. The number of benzene rings is 2. The van der Waals surface area contributed by atoms with E-state index in [0.717, 1.165) is 16.8 Å². The SMILES string of the molecule is Cc1ccc(NC(=O)CSC(C)C(=O)NCC(c2ccccc2)N(C)C)cc1. The maximum absolute atomic E-state index is 12.4. The predicted molar refractivity (Wildman–Crippen MR) is 118 cm³/mol. The van der Waals surface area contributed by atoms with E-state index in [1.165, 1.54) is 11.8 Å². The first-order valence-electron chi connectivity index (χ1n) is 9.34. The van der Waals surface area contributed by atoms with Crippen LogP contribution in [0.4, 0.5) is 5.69 Å². The minimum Gasteiger partial charge on any atom is -0.353 e. The highest BCUT2D eigenvalue weighted by Crippen LogP contribution is 2.18. The van der Waals surface area contributed by atoms with Gasteiger partial charge in [0, 0.05) is 12.2 Å². The molecule has 0 aliphatic heterocycles. The van der Waals surface area contributed by atoms with Gasteiger partial charge in [0.15, 0.2) is 0 Å². The summed E-state index contributed by atoms with van der Waals surface area (Å²) in [6, 6.07) is 17.9. The zero-order chi connectivity index (χ0) is 20.5. The van der Waals surface area contributed by atoms with E-state index in [9.17, 15) is 9.59 Å². The van der Waals surface area contributed by atoms with Gasteiger partial charge in [-0.05, 0) is 45.6 Å². The number of rotatable bonds is 9. The monoisotopic (exact) mass is 399 g/mol. The number of carbonyl (C=O) groups is 2. The van der Waals surface area contributed by atoms with Crippen molar-refractivity contribution in [1.29, 1.82) is 0 Å². The van der Waals surface area contributed by atoms with Gasteiger partial charge in [0.1, 0.15) is 0 Å². The molecule has 2 atom stereocenters. The first-order valence-corrected chi connectivity index (χ1v) is 10.4. The number of hydrogen-bond acceptors (Lipinski definition) is 4. The Morgan fingerprint density at radius 3 is 2.29 bits per heavy atom. The van der Waals surface area contributed by atoms with Crippen molar-refractivity contribution in [2.45, 2.75) is 25.1 Å². The number of hydrogen-bond donors (Lipinski definition) is 2. The Bertz CT molecular complexity index is 763. The Morgan fingerprint density at radius 1 is 1.04 bits per heavy atom. The topological polar surface area (TPSA) is 61.4 Å². The fourth-order valence-electron chi connectivity index (χ4n) is 2.73. The summed E-state index contributed by atoms with van der Waals surface area (Å²) in [5, 5.41) is 5.56. The average Bonchev–Trinajstić information content (AvgIpc) is 2.68. The molecule has 2 rings (SSSR count). The van der Waals surface area contributed by atoms with Crippen molar-refractivity contribution in [3.63, 3.8) is 0 Å². The second-order valence-corrected chi connectivity index (χ2v) is 8.33. The fraction of sp³-hybridized carbons (Fsp3) is 0.364. The van der Waals surface area contributed by atoms with Crippen molar-refractivity contribution in [3.8, 4) is 0 Å². The molecule has 0 fully saturated rings. The molecule has 0 aliphatic rings. The van der Waals surface area contributed by atoms with Gasteiger partial charge < -0.3 is 15.5 Å². The molecule has 5 nitrogen and oxygen atoms in total. The first-order chi connectivity index (χ1) is 13.4. The number of carbonyl (C=O) groups excluding carboxylic acids is 2. The fourth-order valence-corrected chi connectivity index (χ4v) is 3.43. The zero-order valence-corrected chi connectivity index (χ0v) is 17.8. The van der Waals surface area contributed by atoms with Crippen molar-refractivity contribution < 1.29 is 9.59 Å². The summed E-state index contributed by atoms with van der Waals surface area (Å²) in [6.07, 6.45) is 0. The summed E-state index contributed by atoms with van der Waals surface area (Å²) in [4.78, 5) is 26.6. The lowest BCUT2D eigenvalue weighted by Gasteiger charge is -2.25. The van der Waals surface area contributed by atoms with Crippen LogP contribution >= 0.6 is 11.8 Å². The average molecular weight is 400 g/mol. The second-order valence-electron chi connectivity index (χ2n) is 7.00. The van der Waals surface area contributed by atoms with Crippen LogP contribution in [0.2, 0.25) is 0 Å². The molecule has 0 radical (unpaired) electrons. The maximum atomic E-state index is 12.4. The number of nitrogens with zero attached hydrogens (tertiary/aromatic N) is 1. The van der Waals surface area contributed by atoms with Gasteiger partial charge in [-0.25, -0.2) is 0 Å². The molecule has 2 aromatic rings. The Kier molecular flexibility index (Phi) is 8.54. The van der Waals surface area contributed by atoms with Gasteiger partial charge in [0.2, 0.25) is 11.8 Å². The summed E-state index contributed by atoms with van der Waals surface area (Å²) in [6.45, 7) is 4.35.